The first-order chi connectivity index (χ1) is 14.3. The number of sulfonamides is 1. The van der Waals surface area contributed by atoms with Crippen LogP contribution in [-0.4, -0.2) is 43.4 Å². The van der Waals surface area contributed by atoms with Crippen molar-refractivity contribution >= 4 is 60.4 Å². The van der Waals surface area contributed by atoms with Crippen molar-refractivity contribution in [3.05, 3.63) is 39.5 Å². The van der Waals surface area contributed by atoms with Crippen LogP contribution in [0.3, 0.4) is 0 Å². The molecule has 0 atom stereocenters. The van der Waals surface area contributed by atoms with Gasteiger partial charge in [-0.3, -0.25) is 4.79 Å². The number of nitrogens with zero attached hydrogens (tertiary/aromatic N) is 3. The van der Waals surface area contributed by atoms with Gasteiger partial charge in [0.2, 0.25) is 0 Å². The number of benzene rings is 1. The van der Waals surface area contributed by atoms with Crippen molar-refractivity contribution < 1.29 is 17.9 Å². The summed E-state index contributed by atoms with van der Waals surface area (Å²) < 4.78 is 35.8. The third-order valence-corrected chi connectivity index (χ3v) is 9.85. The second-order valence-corrected chi connectivity index (χ2v) is 11.8. The lowest BCUT2D eigenvalue weighted by Crippen LogP contribution is -2.40. The Kier molecular flexibility index (Phi) is 6.04. The van der Waals surface area contributed by atoms with E-state index >= 15 is 0 Å². The number of aryl methyl sites for hydroxylation is 1. The van der Waals surface area contributed by atoms with E-state index in [2.05, 4.69) is 4.99 Å². The van der Waals surface area contributed by atoms with Crippen LogP contribution < -0.4 is 9.54 Å². The highest BCUT2D eigenvalue weighted by Gasteiger charge is 2.33. The van der Waals surface area contributed by atoms with E-state index in [1.54, 1.807) is 13.2 Å². The highest BCUT2D eigenvalue weighted by Crippen LogP contribution is 2.31. The summed E-state index contributed by atoms with van der Waals surface area (Å²) in [6, 6.07) is 8.84. The maximum Gasteiger partial charge on any atom is 0.252 e. The van der Waals surface area contributed by atoms with Crippen molar-refractivity contribution in [2.24, 2.45) is 18.0 Å². The summed E-state index contributed by atoms with van der Waals surface area (Å²) in [5.41, 5.74) is 0.895. The fourth-order valence-corrected chi connectivity index (χ4v) is 7.68. The Morgan fingerprint density at radius 3 is 2.57 bits per heavy atom. The molecule has 1 aromatic carbocycles. The number of thiazole rings is 1. The van der Waals surface area contributed by atoms with E-state index in [4.69, 9.17) is 16.3 Å². The normalized spacial score (nSPS) is 17.0. The summed E-state index contributed by atoms with van der Waals surface area (Å²) in [5.74, 6) is 0.218. The molecule has 0 radical (unpaired) electrons. The molecular weight excluding hydrogens is 466 g/mol. The number of rotatable bonds is 4. The monoisotopic (exact) mass is 485 g/mol. The first-order valence-corrected chi connectivity index (χ1v) is 12.7. The number of hydrogen-bond donors (Lipinski definition) is 0. The van der Waals surface area contributed by atoms with Gasteiger partial charge in [-0.2, -0.15) is 9.30 Å². The molecule has 1 fully saturated rings. The zero-order valence-corrected chi connectivity index (χ0v) is 19.6. The van der Waals surface area contributed by atoms with Gasteiger partial charge >= 0.3 is 0 Å². The molecular formula is C19H20ClN3O4S3. The summed E-state index contributed by atoms with van der Waals surface area (Å²) >= 11 is 8.35. The van der Waals surface area contributed by atoms with E-state index in [0.29, 0.717) is 22.0 Å². The van der Waals surface area contributed by atoms with Crippen LogP contribution in [0.4, 0.5) is 0 Å². The molecule has 0 bridgehead atoms. The Labute approximate surface area is 187 Å². The number of thiophene rings is 1. The van der Waals surface area contributed by atoms with Gasteiger partial charge in [-0.15, -0.1) is 11.3 Å². The number of hydrogen-bond acceptors (Lipinski definition) is 6. The second kappa shape index (κ2) is 8.43. The molecule has 1 aliphatic heterocycles. The number of aromatic nitrogens is 1. The molecule has 11 heteroatoms. The highest BCUT2D eigenvalue weighted by molar-refractivity contribution is 7.91. The first-order valence-electron chi connectivity index (χ1n) is 9.28. The molecule has 160 valence electrons. The molecule has 0 spiro atoms. The van der Waals surface area contributed by atoms with E-state index in [1.807, 2.05) is 29.8 Å². The van der Waals surface area contributed by atoms with Crippen LogP contribution in [0.2, 0.25) is 4.34 Å². The molecule has 3 heterocycles. The van der Waals surface area contributed by atoms with Crippen LogP contribution >= 0.6 is 34.3 Å². The molecule has 1 saturated heterocycles. The predicted octanol–water partition coefficient (Wildman–Crippen LogP) is 3.49. The van der Waals surface area contributed by atoms with Crippen LogP contribution in [0, 0.1) is 5.92 Å². The number of fused-ring (bicyclic) bond motifs is 1. The van der Waals surface area contributed by atoms with Crippen molar-refractivity contribution in [2.45, 2.75) is 17.1 Å². The molecule has 2 aromatic heterocycles. The van der Waals surface area contributed by atoms with Crippen molar-refractivity contribution in [1.82, 2.24) is 8.87 Å². The highest BCUT2D eigenvalue weighted by atomic mass is 35.5. The summed E-state index contributed by atoms with van der Waals surface area (Å²) in [6.45, 7) is 0.576. The van der Waals surface area contributed by atoms with Gasteiger partial charge in [0, 0.05) is 26.1 Å². The lowest BCUT2D eigenvalue weighted by molar-refractivity contribution is -0.122. The molecule has 0 N–H and O–H groups in total. The molecule has 0 aliphatic carbocycles. The summed E-state index contributed by atoms with van der Waals surface area (Å²) in [6.07, 6.45) is 0.886. The number of methoxy groups -OCH3 is 1. The third kappa shape index (κ3) is 3.94. The number of amides is 1. The lowest BCUT2D eigenvalue weighted by atomic mass is 9.98. The van der Waals surface area contributed by atoms with Crippen molar-refractivity contribution in [3.8, 4) is 5.75 Å². The molecule has 0 unspecified atom stereocenters. The summed E-state index contributed by atoms with van der Waals surface area (Å²) in [7, 11) is -0.104. The van der Waals surface area contributed by atoms with Gasteiger partial charge < -0.3 is 9.30 Å². The fourth-order valence-electron chi connectivity index (χ4n) is 3.53. The van der Waals surface area contributed by atoms with E-state index < -0.39 is 10.0 Å². The van der Waals surface area contributed by atoms with Crippen LogP contribution in [0.1, 0.15) is 12.8 Å². The van der Waals surface area contributed by atoms with Crippen molar-refractivity contribution in [3.63, 3.8) is 0 Å². The Bertz CT molecular complexity index is 1270. The number of carbonyl (C=O) groups is 1. The minimum atomic E-state index is -3.57. The number of piperidine rings is 1. The SMILES string of the molecule is COc1cccc2sc(=NC(=O)C3CCN(S(=O)(=O)c4ccc(Cl)s4)CC3)n(C)c12. The maximum atomic E-state index is 12.8. The number of carbonyl (C=O) groups excluding carboxylic acids is 1. The average molecular weight is 486 g/mol. The van der Waals surface area contributed by atoms with E-state index in [1.165, 1.54) is 21.7 Å². The third-order valence-electron chi connectivity index (χ3n) is 5.16. The zero-order chi connectivity index (χ0) is 21.5. The van der Waals surface area contributed by atoms with Gasteiger partial charge in [0.15, 0.2) is 4.80 Å². The zero-order valence-electron chi connectivity index (χ0n) is 16.4. The minimum absolute atomic E-state index is 0.215. The predicted molar refractivity (Wildman–Crippen MR) is 119 cm³/mol. The fraction of sp³-hybridized carbons (Fsp3) is 0.368. The molecule has 0 saturated carbocycles. The van der Waals surface area contributed by atoms with E-state index in [0.717, 1.165) is 27.3 Å². The molecule has 7 nitrogen and oxygen atoms in total. The van der Waals surface area contributed by atoms with Gasteiger partial charge in [0.1, 0.15) is 15.5 Å². The lowest BCUT2D eigenvalue weighted by Gasteiger charge is -2.29. The standard InChI is InChI=1S/C19H20ClN3O4S3/c1-22-17-13(27-2)4-3-5-14(17)28-19(22)21-18(24)12-8-10-23(11-9-12)30(25,26)16-7-6-15(20)29-16/h3-7,12H,8-11H2,1-2H3. The van der Waals surface area contributed by atoms with Crippen molar-refractivity contribution in [2.75, 3.05) is 20.2 Å². The largest absolute Gasteiger partial charge is 0.495 e. The number of ether oxygens (including phenoxy) is 1. The Balaban J connectivity index is 1.51. The summed E-state index contributed by atoms with van der Waals surface area (Å²) in [4.78, 5) is 17.7. The minimum Gasteiger partial charge on any atom is -0.495 e. The van der Waals surface area contributed by atoms with Crippen LogP contribution in [0.25, 0.3) is 10.2 Å². The van der Waals surface area contributed by atoms with E-state index in [9.17, 15) is 13.2 Å². The Morgan fingerprint density at radius 2 is 1.93 bits per heavy atom. The second-order valence-electron chi connectivity index (χ2n) is 6.94. The van der Waals surface area contributed by atoms with Gasteiger partial charge in [0.05, 0.1) is 16.1 Å². The molecule has 1 amide bonds. The Hall–Kier alpha value is -1.72. The molecule has 30 heavy (non-hydrogen) atoms. The van der Waals surface area contributed by atoms with Gasteiger partial charge in [-0.25, -0.2) is 8.42 Å². The average Bonchev–Trinajstić information content (AvgIpc) is 3.32. The summed E-state index contributed by atoms with van der Waals surface area (Å²) in [5, 5.41) is 0. The Morgan fingerprint density at radius 1 is 1.20 bits per heavy atom. The smallest absolute Gasteiger partial charge is 0.252 e. The maximum absolute atomic E-state index is 12.8. The molecule has 1 aliphatic rings. The molecule has 4 rings (SSSR count). The molecule has 3 aromatic rings. The van der Waals surface area contributed by atoms with Crippen LogP contribution in [-0.2, 0) is 21.9 Å². The quantitative estimate of drug-likeness (QED) is 0.566. The topological polar surface area (TPSA) is 81.0 Å². The van der Waals surface area contributed by atoms with Gasteiger partial charge in [-0.1, -0.05) is 29.0 Å². The van der Waals surface area contributed by atoms with E-state index in [-0.39, 0.29) is 29.1 Å². The van der Waals surface area contributed by atoms with Gasteiger partial charge in [-0.05, 0) is 37.1 Å². The first kappa shape index (κ1) is 21.5. The van der Waals surface area contributed by atoms with Crippen LogP contribution in [0.15, 0.2) is 39.5 Å². The van der Waals surface area contributed by atoms with Gasteiger partial charge in [0.25, 0.3) is 15.9 Å². The van der Waals surface area contributed by atoms with Crippen molar-refractivity contribution in [1.29, 1.82) is 0 Å². The number of halogens is 1. The number of para-hydroxylation sites is 1. The van der Waals surface area contributed by atoms with Crippen LogP contribution in [0.5, 0.6) is 5.75 Å².